The van der Waals surface area contributed by atoms with E-state index < -0.39 is 29.7 Å². The summed E-state index contributed by atoms with van der Waals surface area (Å²) < 4.78 is 70.3. The summed E-state index contributed by atoms with van der Waals surface area (Å²) in [4.78, 5) is 0. The van der Waals surface area contributed by atoms with Crippen LogP contribution in [0.3, 0.4) is 0 Å². The Labute approximate surface area is 158 Å². The number of halogens is 3. The molecule has 0 heterocycles. The Morgan fingerprint density at radius 3 is 2.08 bits per heavy atom. The van der Waals surface area contributed by atoms with Gasteiger partial charge in [-0.05, 0) is 48.1 Å². The van der Waals surface area contributed by atoms with E-state index in [1.54, 1.807) is 38.1 Å². The Bertz CT molecular complexity index is 644. The topological polar surface area (TPSA) is 52.6 Å². The van der Waals surface area contributed by atoms with Gasteiger partial charge in [0.25, 0.3) is 9.84 Å². The highest BCUT2D eigenvalue weighted by molar-refractivity contribution is 7.99. The maximum absolute atomic E-state index is 12.4. The van der Waals surface area contributed by atoms with Gasteiger partial charge in [0.15, 0.2) is 0 Å². The number of rotatable bonds is 11. The molecule has 0 saturated heterocycles. The van der Waals surface area contributed by atoms with Crippen LogP contribution in [0.25, 0.3) is 0 Å². The van der Waals surface area contributed by atoms with Gasteiger partial charge in [0.05, 0.1) is 5.75 Å². The van der Waals surface area contributed by atoms with Gasteiger partial charge >= 0.3 is 14.1 Å². The van der Waals surface area contributed by atoms with Crippen LogP contribution in [0.1, 0.15) is 17.5 Å². The van der Waals surface area contributed by atoms with Crippen LogP contribution < -0.4 is 0 Å². The lowest BCUT2D eigenvalue weighted by atomic mass is 10.1. The highest BCUT2D eigenvalue weighted by atomic mass is 32.2. The smallest absolute Gasteiger partial charge is 0.398 e. The Morgan fingerprint density at radius 1 is 1.04 bits per heavy atom. The molecule has 4 nitrogen and oxygen atoms in total. The summed E-state index contributed by atoms with van der Waals surface area (Å²) >= 11 is 1.79. The van der Waals surface area contributed by atoms with Gasteiger partial charge in [0, 0.05) is 14.2 Å². The lowest BCUT2D eigenvalue weighted by Crippen LogP contribution is -2.35. The van der Waals surface area contributed by atoms with Gasteiger partial charge < -0.3 is 8.85 Å². The van der Waals surface area contributed by atoms with E-state index in [0.717, 1.165) is 36.0 Å². The van der Waals surface area contributed by atoms with E-state index in [1.807, 2.05) is 6.55 Å². The second-order valence-corrected chi connectivity index (χ2v) is 12.8. The van der Waals surface area contributed by atoms with Crippen molar-refractivity contribution in [1.82, 2.24) is 0 Å². The maximum atomic E-state index is 12.4. The first kappa shape index (κ1) is 23.5. The first-order valence-electron chi connectivity index (χ1n) is 8.08. The molecule has 0 spiro atoms. The van der Waals surface area contributed by atoms with Crippen LogP contribution in [-0.4, -0.2) is 48.2 Å². The first-order valence-corrected chi connectivity index (χ1v) is 13.4. The molecule has 0 bridgehead atoms. The summed E-state index contributed by atoms with van der Waals surface area (Å²) in [5.41, 5.74) is -4.10. The largest absolute Gasteiger partial charge is 0.497 e. The van der Waals surface area contributed by atoms with Crippen molar-refractivity contribution in [2.75, 3.05) is 25.7 Å². The number of hydrogen-bond donors (Lipinski definition) is 0. The molecule has 10 heteroatoms. The summed E-state index contributed by atoms with van der Waals surface area (Å²) in [6.07, 6.45) is 1.78. The predicted molar refractivity (Wildman–Crippen MR) is 101 cm³/mol. The summed E-state index contributed by atoms with van der Waals surface area (Å²) in [6, 6.07) is 7.17. The summed E-state index contributed by atoms with van der Waals surface area (Å²) in [5.74, 6) is 0.850. The molecule has 0 N–H and O–H groups in total. The molecule has 0 aromatic heterocycles. The third-order valence-corrected chi connectivity index (χ3v) is 9.53. The van der Waals surface area contributed by atoms with E-state index in [-0.39, 0.29) is 5.56 Å². The van der Waals surface area contributed by atoms with E-state index in [2.05, 4.69) is 0 Å². The number of alkyl halides is 3. The fourth-order valence-electron chi connectivity index (χ4n) is 2.18. The average Bonchev–Trinajstić information content (AvgIpc) is 2.58. The van der Waals surface area contributed by atoms with Crippen LogP contribution in [0.2, 0.25) is 12.6 Å². The normalized spacial score (nSPS) is 13.2. The van der Waals surface area contributed by atoms with Gasteiger partial charge in [-0.25, -0.2) is 8.42 Å². The predicted octanol–water partition coefficient (Wildman–Crippen LogP) is 4.15. The number of aryl methyl sites for hydroxylation is 1. The standard InChI is InChI=1S/C16H25F3O4S2Si/c1-22-26(3,23-2)12-4-10-24-11-9-14-5-7-15(8-6-14)13-25(20,21)16(17,18)19/h5-8H,4,9-13H2,1-3H3. The minimum absolute atomic E-state index is 0.141. The van der Waals surface area contributed by atoms with Gasteiger partial charge in [-0.2, -0.15) is 24.9 Å². The third kappa shape index (κ3) is 7.59. The zero-order valence-corrected chi connectivity index (χ0v) is 17.8. The first-order chi connectivity index (χ1) is 12.0. The second-order valence-electron chi connectivity index (χ2n) is 6.03. The number of hydrogen-bond acceptors (Lipinski definition) is 5. The molecule has 0 saturated carbocycles. The molecule has 0 aliphatic rings. The molecule has 26 heavy (non-hydrogen) atoms. The highest BCUT2D eigenvalue weighted by Crippen LogP contribution is 2.27. The van der Waals surface area contributed by atoms with Crippen LogP contribution in [0.5, 0.6) is 0 Å². The van der Waals surface area contributed by atoms with Gasteiger partial charge in [-0.3, -0.25) is 0 Å². The van der Waals surface area contributed by atoms with Gasteiger partial charge in [0.2, 0.25) is 0 Å². The van der Waals surface area contributed by atoms with Crippen LogP contribution in [-0.2, 0) is 30.9 Å². The van der Waals surface area contributed by atoms with E-state index in [4.69, 9.17) is 8.85 Å². The molecule has 1 aromatic carbocycles. The van der Waals surface area contributed by atoms with Crippen molar-refractivity contribution in [3.63, 3.8) is 0 Å². The molecule has 1 aromatic rings. The van der Waals surface area contributed by atoms with Crippen molar-refractivity contribution in [3.05, 3.63) is 35.4 Å². The lowest BCUT2D eigenvalue weighted by Gasteiger charge is -2.22. The highest BCUT2D eigenvalue weighted by Gasteiger charge is 2.45. The molecular formula is C16H25F3O4S2Si. The Morgan fingerprint density at radius 2 is 1.58 bits per heavy atom. The fourth-order valence-corrected chi connectivity index (χ4v) is 5.56. The summed E-state index contributed by atoms with van der Waals surface area (Å²) in [7, 11) is -3.79. The molecule has 0 aliphatic carbocycles. The van der Waals surface area contributed by atoms with Crippen molar-refractivity contribution in [1.29, 1.82) is 0 Å². The average molecular weight is 431 g/mol. The molecule has 1 rings (SSSR count). The maximum Gasteiger partial charge on any atom is 0.497 e. The van der Waals surface area contributed by atoms with Crippen molar-refractivity contribution in [2.24, 2.45) is 0 Å². The third-order valence-electron chi connectivity index (χ3n) is 4.05. The SMILES string of the molecule is CO[Si](C)(CCCSCCc1ccc(CS(=O)(=O)C(F)(F)F)cc1)OC. The monoisotopic (exact) mass is 430 g/mol. The number of thioether (sulfide) groups is 1. The Hall–Kier alpha value is -0.553. The van der Waals surface area contributed by atoms with E-state index in [1.165, 1.54) is 12.1 Å². The number of sulfone groups is 1. The molecule has 150 valence electrons. The molecule has 0 radical (unpaired) electrons. The van der Waals surface area contributed by atoms with Gasteiger partial charge in [-0.15, -0.1) is 0 Å². The fraction of sp³-hybridized carbons (Fsp3) is 0.625. The lowest BCUT2D eigenvalue weighted by molar-refractivity contribution is -0.0437. The minimum atomic E-state index is -5.22. The van der Waals surface area contributed by atoms with E-state index in [9.17, 15) is 21.6 Å². The minimum Gasteiger partial charge on any atom is -0.398 e. The van der Waals surface area contributed by atoms with Crippen molar-refractivity contribution >= 4 is 30.2 Å². The molecule has 0 amide bonds. The molecular weight excluding hydrogens is 405 g/mol. The molecule has 0 fully saturated rings. The van der Waals surface area contributed by atoms with E-state index in [0.29, 0.717) is 0 Å². The van der Waals surface area contributed by atoms with Gasteiger partial charge in [0.1, 0.15) is 0 Å². The van der Waals surface area contributed by atoms with Crippen LogP contribution >= 0.6 is 11.8 Å². The van der Waals surface area contributed by atoms with Gasteiger partial charge in [-0.1, -0.05) is 24.3 Å². The van der Waals surface area contributed by atoms with Crippen molar-refractivity contribution < 1.29 is 30.4 Å². The van der Waals surface area contributed by atoms with Crippen molar-refractivity contribution in [3.8, 4) is 0 Å². The van der Waals surface area contributed by atoms with Crippen LogP contribution in [0.4, 0.5) is 13.2 Å². The van der Waals surface area contributed by atoms with Crippen molar-refractivity contribution in [2.45, 2.75) is 36.7 Å². The Balaban J connectivity index is 2.36. The van der Waals surface area contributed by atoms with E-state index >= 15 is 0 Å². The summed E-state index contributed by atoms with van der Waals surface area (Å²) in [5, 5.41) is 0. The Kier molecular flexibility index (Phi) is 9.14. The zero-order chi connectivity index (χ0) is 19.8. The zero-order valence-electron chi connectivity index (χ0n) is 15.1. The second kappa shape index (κ2) is 10.1. The van der Waals surface area contributed by atoms with Crippen LogP contribution in [0, 0.1) is 0 Å². The molecule has 0 atom stereocenters. The molecule has 0 aliphatic heterocycles. The van der Waals surface area contributed by atoms with Crippen LogP contribution in [0.15, 0.2) is 24.3 Å². The molecule has 0 unspecified atom stereocenters. The quantitative estimate of drug-likeness (QED) is 0.390. The number of benzene rings is 1. The summed E-state index contributed by atoms with van der Waals surface area (Å²) in [6.45, 7) is 2.03.